The van der Waals surface area contributed by atoms with Crippen LogP contribution < -0.4 is 0 Å². The number of hydrogen-bond acceptors (Lipinski definition) is 3. The van der Waals surface area contributed by atoms with E-state index in [0.717, 1.165) is 36.6 Å². The van der Waals surface area contributed by atoms with E-state index in [4.69, 9.17) is 0 Å². The molecule has 0 spiro atoms. The van der Waals surface area contributed by atoms with Crippen LogP contribution in [0.2, 0.25) is 0 Å². The second kappa shape index (κ2) is 5.67. The number of aryl methyl sites for hydroxylation is 1. The minimum atomic E-state index is -0.122. The lowest BCUT2D eigenvalue weighted by Gasteiger charge is -2.16. The summed E-state index contributed by atoms with van der Waals surface area (Å²) < 4.78 is 13.7. The molecule has 0 bridgehead atoms. The van der Waals surface area contributed by atoms with Crippen molar-refractivity contribution < 1.29 is 4.39 Å². The molecule has 0 N–H and O–H groups in total. The zero-order valence-corrected chi connectivity index (χ0v) is 11.6. The number of aromatic nitrogens is 2. The lowest BCUT2D eigenvalue weighted by atomic mass is 10.1. The number of rotatable bonds is 3. The van der Waals surface area contributed by atoms with E-state index in [2.05, 4.69) is 14.9 Å². The molecular formula is C16H18FN3. The van der Waals surface area contributed by atoms with E-state index >= 15 is 0 Å². The van der Waals surface area contributed by atoms with E-state index in [0.29, 0.717) is 12.5 Å². The summed E-state index contributed by atoms with van der Waals surface area (Å²) in [6.45, 7) is 4.51. The molecule has 3 rings (SSSR count). The molecule has 3 nitrogen and oxygen atoms in total. The van der Waals surface area contributed by atoms with Crippen LogP contribution in [0.3, 0.4) is 0 Å². The van der Waals surface area contributed by atoms with Gasteiger partial charge >= 0.3 is 0 Å². The summed E-state index contributed by atoms with van der Waals surface area (Å²) in [6.07, 6.45) is 2.86. The maximum atomic E-state index is 13.7. The monoisotopic (exact) mass is 271 g/mol. The number of nitrogens with zero attached hydrogens (tertiary/aromatic N) is 3. The lowest BCUT2D eigenvalue weighted by Crippen LogP contribution is -2.20. The Balaban J connectivity index is 1.67. The predicted octanol–water partition coefficient (Wildman–Crippen LogP) is 2.91. The minimum absolute atomic E-state index is 0.122. The molecule has 1 aromatic heterocycles. The molecular weight excluding hydrogens is 253 g/mol. The van der Waals surface area contributed by atoms with Crippen molar-refractivity contribution in [3.05, 3.63) is 59.4 Å². The van der Waals surface area contributed by atoms with E-state index in [1.165, 1.54) is 6.07 Å². The van der Waals surface area contributed by atoms with Gasteiger partial charge in [-0.2, -0.15) is 0 Å². The number of hydrogen-bond donors (Lipinski definition) is 0. The zero-order chi connectivity index (χ0) is 13.9. The summed E-state index contributed by atoms with van der Waals surface area (Å²) in [4.78, 5) is 11.1. The van der Waals surface area contributed by atoms with Crippen molar-refractivity contribution in [1.29, 1.82) is 0 Å². The fraction of sp³-hybridized carbons (Fsp3) is 0.375. The standard InChI is InChI=1S/C16H18FN3/c1-12-6-8-18-16(19-12)14-7-9-20(11-14)10-13-4-2-3-5-15(13)17/h2-6,8,14H,7,9-11H2,1H3/t14-/m0/s1. The van der Waals surface area contributed by atoms with Gasteiger partial charge in [0.2, 0.25) is 0 Å². The maximum Gasteiger partial charge on any atom is 0.132 e. The summed E-state index contributed by atoms with van der Waals surface area (Å²) in [5.74, 6) is 1.16. The molecule has 2 heterocycles. The van der Waals surface area contributed by atoms with Crippen molar-refractivity contribution in [3.8, 4) is 0 Å². The number of halogens is 1. The van der Waals surface area contributed by atoms with E-state index in [1.807, 2.05) is 31.3 Å². The predicted molar refractivity (Wildman–Crippen MR) is 75.8 cm³/mol. The van der Waals surface area contributed by atoms with Crippen molar-refractivity contribution in [3.63, 3.8) is 0 Å². The van der Waals surface area contributed by atoms with Crippen LogP contribution in [0.1, 0.15) is 29.4 Å². The third-order valence-corrected chi connectivity index (χ3v) is 3.80. The highest BCUT2D eigenvalue weighted by atomic mass is 19.1. The second-order valence-electron chi connectivity index (χ2n) is 5.37. The van der Waals surface area contributed by atoms with Crippen LogP contribution in [0.5, 0.6) is 0 Å². The van der Waals surface area contributed by atoms with Gasteiger partial charge < -0.3 is 0 Å². The molecule has 2 aromatic rings. The molecule has 0 saturated carbocycles. The Kier molecular flexibility index (Phi) is 3.74. The van der Waals surface area contributed by atoms with Gasteiger partial charge in [0.15, 0.2) is 0 Å². The molecule has 1 fully saturated rings. The van der Waals surface area contributed by atoms with Crippen molar-refractivity contribution >= 4 is 0 Å². The highest BCUT2D eigenvalue weighted by Gasteiger charge is 2.26. The normalized spacial score (nSPS) is 19.4. The quantitative estimate of drug-likeness (QED) is 0.859. The molecule has 0 unspecified atom stereocenters. The van der Waals surface area contributed by atoms with Gasteiger partial charge in [-0.25, -0.2) is 14.4 Å². The fourth-order valence-corrected chi connectivity index (χ4v) is 2.72. The molecule has 1 saturated heterocycles. The topological polar surface area (TPSA) is 29.0 Å². The van der Waals surface area contributed by atoms with Gasteiger partial charge in [0.1, 0.15) is 11.6 Å². The van der Waals surface area contributed by atoms with Crippen LogP contribution in [0.25, 0.3) is 0 Å². The third kappa shape index (κ3) is 2.85. The third-order valence-electron chi connectivity index (χ3n) is 3.80. The Morgan fingerprint density at radius 2 is 2.15 bits per heavy atom. The highest BCUT2D eigenvalue weighted by molar-refractivity contribution is 5.17. The number of likely N-dealkylation sites (tertiary alicyclic amines) is 1. The lowest BCUT2D eigenvalue weighted by molar-refractivity contribution is 0.320. The van der Waals surface area contributed by atoms with Crippen molar-refractivity contribution in [2.24, 2.45) is 0 Å². The Bertz CT molecular complexity index is 600. The van der Waals surface area contributed by atoms with E-state index < -0.39 is 0 Å². The molecule has 1 aliphatic heterocycles. The summed E-state index contributed by atoms with van der Waals surface area (Å²) in [5.41, 5.74) is 1.76. The first-order valence-electron chi connectivity index (χ1n) is 6.97. The molecule has 20 heavy (non-hydrogen) atoms. The molecule has 0 aliphatic carbocycles. The van der Waals surface area contributed by atoms with Crippen LogP contribution in [0.4, 0.5) is 4.39 Å². The van der Waals surface area contributed by atoms with Gasteiger partial charge in [0.05, 0.1) is 0 Å². The van der Waals surface area contributed by atoms with E-state index in [9.17, 15) is 4.39 Å². The largest absolute Gasteiger partial charge is 0.298 e. The first kappa shape index (κ1) is 13.2. The molecule has 1 aliphatic rings. The Morgan fingerprint density at radius 1 is 1.30 bits per heavy atom. The van der Waals surface area contributed by atoms with Gasteiger partial charge in [-0.05, 0) is 32.0 Å². The van der Waals surface area contributed by atoms with Gasteiger partial charge in [0.25, 0.3) is 0 Å². The summed E-state index contributed by atoms with van der Waals surface area (Å²) in [6, 6.07) is 8.90. The Morgan fingerprint density at radius 3 is 2.95 bits per heavy atom. The Hall–Kier alpha value is -1.81. The minimum Gasteiger partial charge on any atom is -0.298 e. The average Bonchev–Trinajstić information content (AvgIpc) is 2.90. The fourth-order valence-electron chi connectivity index (χ4n) is 2.72. The summed E-state index contributed by atoms with van der Waals surface area (Å²) >= 11 is 0. The summed E-state index contributed by atoms with van der Waals surface area (Å²) in [7, 11) is 0. The first-order valence-corrected chi connectivity index (χ1v) is 6.97. The van der Waals surface area contributed by atoms with Crippen LogP contribution in [-0.2, 0) is 6.54 Å². The Labute approximate surface area is 118 Å². The van der Waals surface area contributed by atoms with Gasteiger partial charge in [-0.15, -0.1) is 0 Å². The molecule has 4 heteroatoms. The van der Waals surface area contributed by atoms with Gasteiger partial charge in [-0.3, -0.25) is 4.90 Å². The molecule has 0 radical (unpaired) electrons. The van der Waals surface area contributed by atoms with Crippen molar-refractivity contribution in [2.45, 2.75) is 25.8 Å². The van der Waals surface area contributed by atoms with Crippen molar-refractivity contribution in [2.75, 3.05) is 13.1 Å². The van der Waals surface area contributed by atoms with Crippen molar-refractivity contribution in [1.82, 2.24) is 14.9 Å². The van der Waals surface area contributed by atoms with Gasteiger partial charge in [0, 0.05) is 36.5 Å². The van der Waals surface area contributed by atoms with Crippen LogP contribution in [0, 0.1) is 12.7 Å². The molecule has 0 amide bonds. The van der Waals surface area contributed by atoms with Gasteiger partial charge in [-0.1, -0.05) is 18.2 Å². The average molecular weight is 271 g/mol. The molecule has 104 valence electrons. The van der Waals surface area contributed by atoms with Crippen LogP contribution in [-0.4, -0.2) is 28.0 Å². The zero-order valence-electron chi connectivity index (χ0n) is 11.6. The summed E-state index contributed by atoms with van der Waals surface area (Å²) in [5, 5.41) is 0. The van der Waals surface area contributed by atoms with E-state index in [-0.39, 0.29) is 5.82 Å². The molecule has 1 aromatic carbocycles. The highest BCUT2D eigenvalue weighted by Crippen LogP contribution is 2.26. The molecule has 1 atom stereocenters. The second-order valence-corrected chi connectivity index (χ2v) is 5.37. The SMILES string of the molecule is Cc1ccnc([C@H]2CCN(Cc3ccccc3F)C2)n1. The number of benzene rings is 1. The smallest absolute Gasteiger partial charge is 0.132 e. The van der Waals surface area contributed by atoms with Crippen LogP contribution >= 0.6 is 0 Å². The van der Waals surface area contributed by atoms with Crippen LogP contribution in [0.15, 0.2) is 36.5 Å². The van der Waals surface area contributed by atoms with E-state index in [1.54, 1.807) is 6.07 Å². The maximum absolute atomic E-state index is 13.7. The first-order chi connectivity index (χ1) is 9.72.